The first-order chi connectivity index (χ1) is 17.5. The molecule has 2 N–H and O–H groups in total. The number of likely N-dealkylation sites (tertiary alicyclic amines) is 1. The largest absolute Gasteiger partial charge is 0.497 e. The van der Waals surface area contributed by atoms with Crippen molar-refractivity contribution in [2.75, 3.05) is 45.1 Å². The van der Waals surface area contributed by atoms with Gasteiger partial charge in [0.2, 0.25) is 5.91 Å². The van der Waals surface area contributed by atoms with Crippen LogP contribution in [0.15, 0.2) is 66.7 Å². The number of carbonyl (C=O) groups is 2. The monoisotopic (exact) mass is 489 g/mol. The molecule has 0 radical (unpaired) electrons. The van der Waals surface area contributed by atoms with Crippen LogP contribution in [0.3, 0.4) is 0 Å². The molecule has 8 nitrogen and oxygen atoms in total. The molecule has 1 atom stereocenters. The fourth-order valence-corrected chi connectivity index (χ4v) is 4.47. The van der Waals surface area contributed by atoms with Crippen molar-refractivity contribution < 1.29 is 23.8 Å². The van der Waals surface area contributed by atoms with E-state index in [0.29, 0.717) is 28.4 Å². The summed E-state index contributed by atoms with van der Waals surface area (Å²) in [5, 5.41) is 5.80. The average Bonchev–Trinajstić information content (AvgIpc) is 3.37. The summed E-state index contributed by atoms with van der Waals surface area (Å²) in [4.78, 5) is 27.8. The van der Waals surface area contributed by atoms with Crippen molar-refractivity contribution in [2.45, 2.75) is 18.9 Å². The van der Waals surface area contributed by atoms with Crippen LogP contribution in [0.1, 0.15) is 34.8 Å². The maximum Gasteiger partial charge on any atom is 0.255 e. The van der Waals surface area contributed by atoms with Crippen LogP contribution >= 0.6 is 0 Å². The van der Waals surface area contributed by atoms with E-state index in [1.807, 2.05) is 18.2 Å². The van der Waals surface area contributed by atoms with Crippen LogP contribution in [0.25, 0.3) is 0 Å². The zero-order valence-corrected chi connectivity index (χ0v) is 20.7. The van der Waals surface area contributed by atoms with Crippen LogP contribution in [-0.2, 0) is 4.79 Å². The SMILES string of the molecule is COc1ccc(C2CCCN2CC(=O)Nc2cc(OC)c(NC(=O)c3ccccc3)cc2OC)cc1. The minimum Gasteiger partial charge on any atom is -0.497 e. The highest BCUT2D eigenvalue weighted by Crippen LogP contribution is 2.37. The zero-order valence-electron chi connectivity index (χ0n) is 20.7. The molecular formula is C28H31N3O5. The van der Waals surface area contributed by atoms with Crippen molar-refractivity contribution in [2.24, 2.45) is 0 Å². The zero-order chi connectivity index (χ0) is 25.5. The van der Waals surface area contributed by atoms with Crippen LogP contribution in [-0.4, -0.2) is 51.1 Å². The third kappa shape index (κ3) is 5.78. The Morgan fingerprint density at radius 3 is 2.11 bits per heavy atom. The summed E-state index contributed by atoms with van der Waals surface area (Å²) in [5.41, 5.74) is 2.60. The molecule has 0 aliphatic carbocycles. The van der Waals surface area contributed by atoms with E-state index in [4.69, 9.17) is 14.2 Å². The fourth-order valence-electron chi connectivity index (χ4n) is 4.47. The second-order valence-electron chi connectivity index (χ2n) is 8.52. The van der Waals surface area contributed by atoms with Crippen LogP contribution in [0.4, 0.5) is 11.4 Å². The Balaban J connectivity index is 1.46. The van der Waals surface area contributed by atoms with Crippen molar-refractivity contribution in [3.8, 4) is 17.2 Å². The quantitative estimate of drug-likeness (QED) is 0.451. The third-order valence-electron chi connectivity index (χ3n) is 6.29. The van der Waals surface area contributed by atoms with Crippen molar-refractivity contribution in [1.29, 1.82) is 0 Å². The topological polar surface area (TPSA) is 89.1 Å². The molecule has 3 aromatic carbocycles. The van der Waals surface area contributed by atoms with Crippen LogP contribution in [0.2, 0.25) is 0 Å². The molecule has 1 saturated heterocycles. The van der Waals surface area contributed by atoms with Crippen molar-refractivity contribution in [3.05, 3.63) is 77.9 Å². The Morgan fingerprint density at radius 2 is 1.50 bits per heavy atom. The Bertz CT molecular complexity index is 1200. The maximum absolute atomic E-state index is 13.0. The molecule has 1 heterocycles. The van der Waals surface area contributed by atoms with E-state index in [9.17, 15) is 9.59 Å². The maximum atomic E-state index is 13.0. The van der Waals surface area contributed by atoms with Gasteiger partial charge in [0.05, 0.1) is 39.2 Å². The number of anilines is 2. The van der Waals surface area contributed by atoms with Gasteiger partial charge in [-0.15, -0.1) is 0 Å². The lowest BCUT2D eigenvalue weighted by Crippen LogP contribution is -2.33. The van der Waals surface area contributed by atoms with Gasteiger partial charge in [-0.3, -0.25) is 14.5 Å². The fraction of sp³-hybridized carbons (Fsp3) is 0.286. The van der Waals surface area contributed by atoms with Gasteiger partial charge in [-0.2, -0.15) is 0 Å². The highest BCUT2D eigenvalue weighted by Gasteiger charge is 2.28. The molecule has 0 bridgehead atoms. The highest BCUT2D eigenvalue weighted by atomic mass is 16.5. The summed E-state index contributed by atoms with van der Waals surface area (Å²) in [6.45, 7) is 1.09. The molecule has 36 heavy (non-hydrogen) atoms. The minimum atomic E-state index is -0.272. The predicted molar refractivity (Wildman–Crippen MR) is 139 cm³/mol. The minimum absolute atomic E-state index is 0.156. The molecule has 0 spiro atoms. The Hall–Kier alpha value is -4.04. The number of hydrogen-bond acceptors (Lipinski definition) is 6. The summed E-state index contributed by atoms with van der Waals surface area (Å²) in [7, 11) is 4.67. The third-order valence-corrected chi connectivity index (χ3v) is 6.29. The molecule has 1 aliphatic rings. The van der Waals surface area contributed by atoms with E-state index in [1.165, 1.54) is 19.8 Å². The van der Waals surface area contributed by atoms with E-state index >= 15 is 0 Å². The second-order valence-corrected chi connectivity index (χ2v) is 8.52. The van der Waals surface area contributed by atoms with Gasteiger partial charge in [0, 0.05) is 23.7 Å². The van der Waals surface area contributed by atoms with E-state index < -0.39 is 0 Å². The first-order valence-corrected chi connectivity index (χ1v) is 11.8. The Kier molecular flexibility index (Phi) is 8.07. The molecule has 1 fully saturated rings. The predicted octanol–water partition coefficient (Wildman–Crippen LogP) is 4.74. The van der Waals surface area contributed by atoms with E-state index in [2.05, 4.69) is 27.7 Å². The molecule has 0 saturated carbocycles. The van der Waals surface area contributed by atoms with Gasteiger partial charge < -0.3 is 24.8 Å². The van der Waals surface area contributed by atoms with Crippen molar-refractivity contribution in [3.63, 3.8) is 0 Å². The van der Waals surface area contributed by atoms with Gasteiger partial charge in [0.25, 0.3) is 5.91 Å². The first kappa shape index (κ1) is 25.1. The Morgan fingerprint density at radius 1 is 0.861 bits per heavy atom. The summed E-state index contributed by atoms with van der Waals surface area (Å²) >= 11 is 0. The van der Waals surface area contributed by atoms with Gasteiger partial charge in [-0.1, -0.05) is 30.3 Å². The lowest BCUT2D eigenvalue weighted by molar-refractivity contribution is -0.117. The number of nitrogens with one attached hydrogen (secondary N) is 2. The summed E-state index contributed by atoms with van der Waals surface area (Å²) < 4.78 is 16.3. The van der Waals surface area contributed by atoms with Gasteiger partial charge >= 0.3 is 0 Å². The van der Waals surface area contributed by atoms with Gasteiger partial charge in [0.1, 0.15) is 17.2 Å². The van der Waals surface area contributed by atoms with Crippen LogP contribution in [0.5, 0.6) is 17.2 Å². The number of amides is 2. The number of methoxy groups -OCH3 is 3. The lowest BCUT2D eigenvalue weighted by Gasteiger charge is -2.24. The standard InChI is InChI=1S/C28H31N3O5/c1-34-21-13-11-19(12-14-21)24-10-7-15-31(24)18-27(32)29-22-16-26(36-3)23(17-25(22)35-2)30-28(33)20-8-5-4-6-9-20/h4-6,8-9,11-14,16-17,24H,7,10,15,18H2,1-3H3,(H,29,32)(H,30,33). The normalized spacial score (nSPS) is 15.2. The number of rotatable bonds is 9. The molecular weight excluding hydrogens is 458 g/mol. The molecule has 3 aromatic rings. The number of hydrogen-bond donors (Lipinski definition) is 2. The summed E-state index contributed by atoms with van der Waals surface area (Å²) in [5.74, 6) is 1.21. The van der Waals surface area contributed by atoms with Crippen LogP contribution in [0, 0.1) is 0 Å². The van der Waals surface area contributed by atoms with E-state index in [1.54, 1.807) is 43.5 Å². The molecule has 1 unspecified atom stereocenters. The highest BCUT2D eigenvalue weighted by molar-refractivity contribution is 6.05. The number of ether oxygens (including phenoxy) is 3. The lowest BCUT2D eigenvalue weighted by atomic mass is 10.0. The molecule has 1 aliphatic heterocycles. The van der Waals surface area contributed by atoms with Gasteiger partial charge in [0.15, 0.2) is 0 Å². The Labute approximate surface area is 211 Å². The van der Waals surface area contributed by atoms with Gasteiger partial charge in [-0.25, -0.2) is 0 Å². The molecule has 0 aromatic heterocycles. The van der Waals surface area contributed by atoms with Gasteiger partial charge in [-0.05, 0) is 49.2 Å². The van der Waals surface area contributed by atoms with Crippen LogP contribution < -0.4 is 24.8 Å². The molecule has 188 valence electrons. The number of nitrogens with zero attached hydrogens (tertiary/aromatic N) is 1. The number of benzene rings is 3. The second kappa shape index (κ2) is 11.6. The summed E-state index contributed by atoms with van der Waals surface area (Å²) in [6, 6.07) is 20.4. The first-order valence-electron chi connectivity index (χ1n) is 11.8. The molecule has 8 heteroatoms. The number of carbonyl (C=O) groups excluding carboxylic acids is 2. The van der Waals surface area contributed by atoms with E-state index in [0.717, 1.165) is 25.1 Å². The van der Waals surface area contributed by atoms with Crippen molar-refractivity contribution in [1.82, 2.24) is 4.90 Å². The molecule has 2 amide bonds. The average molecular weight is 490 g/mol. The summed E-state index contributed by atoms with van der Waals surface area (Å²) in [6.07, 6.45) is 2.02. The van der Waals surface area contributed by atoms with E-state index in [-0.39, 0.29) is 24.4 Å². The van der Waals surface area contributed by atoms with Crippen molar-refractivity contribution >= 4 is 23.2 Å². The smallest absolute Gasteiger partial charge is 0.255 e. The molecule has 4 rings (SSSR count).